The Morgan fingerprint density at radius 1 is 1.22 bits per heavy atom. The van der Waals surface area contributed by atoms with Crippen LogP contribution in [0.4, 0.5) is 4.79 Å². The molecule has 0 bridgehead atoms. The standard InChI is InChI=1S/C23H35N5O4/c1-13(2)17(19-25-18(27-32-19)14-6-7-14)24-16(29)12-28-20(30)23(26-21(28)31)10-8-15(9-11-23)22(3,4)5/h13-15,17H,6-12H2,1-5H3,(H,24,29)(H,26,31). The zero-order chi connectivity index (χ0) is 23.3. The first-order chi connectivity index (χ1) is 15.0. The van der Waals surface area contributed by atoms with Crippen LogP contribution in [0.3, 0.4) is 0 Å². The van der Waals surface area contributed by atoms with E-state index >= 15 is 0 Å². The van der Waals surface area contributed by atoms with Gasteiger partial charge in [-0.15, -0.1) is 0 Å². The van der Waals surface area contributed by atoms with Gasteiger partial charge in [-0.3, -0.25) is 14.5 Å². The first-order valence-corrected chi connectivity index (χ1v) is 11.8. The number of rotatable bonds is 6. The summed E-state index contributed by atoms with van der Waals surface area (Å²) in [6, 6.07) is -0.964. The van der Waals surface area contributed by atoms with E-state index in [-0.39, 0.29) is 23.8 Å². The SMILES string of the molecule is CC(C)C(NC(=O)CN1C(=O)NC2(CCC(C(C)(C)C)CC2)C1=O)c1nc(C2CC2)no1. The third kappa shape index (κ3) is 4.38. The molecule has 2 saturated carbocycles. The van der Waals surface area contributed by atoms with Gasteiger partial charge in [0.15, 0.2) is 5.82 Å². The third-order valence-electron chi connectivity index (χ3n) is 7.26. The van der Waals surface area contributed by atoms with Gasteiger partial charge in [-0.2, -0.15) is 4.98 Å². The van der Waals surface area contributed by atoms with Crippen LogP contribution in [0, 0.1) is 17.3 Å². The number of amides is 4. The second-order valence-electron chi connectivity index (χ2n) is 11.1. The van der Waals surface area contributed by atoms with Crippen LogP contribution in [0.1, 0.15) is 96.8 Å². The number of hydrogen-bond acceptors (Lipinski definition) is 6. The minimum Gasteiger partial charge on any atom is -0.342 e. The summed E-state index contributed by atoms with van der Waals surface area (Å²) in [4.78, 5) is 44.1. The largest absolute Gasteiger partial charge is 0.342 e. The Bertz CT molecular complexity index is 890. The van der Waals surface area contributed by atoms with Crippen LogP contribution in [-0.2, 0) is 9.59 Å². The molecule has 1 aromatic heterocycles. The lowest BCUT2D eigenvalue weighted by Crippen LogP contribution is -2.51. The summed E-state index contributed by atoms with van der Waals surface area (Å²) in [5.41, 5.74) is -0.699. The molecule has 4 amide bonds. The average Bonchev–Trinajstić information content (AvgIpc) is 3.41. The van der Waals surface area contributed by atoms with E-state index < -0.39 is 23.5 Å². The number of urea groups is 1. The van der Waals surface area contributed by atoms with Crippen LogP contribution < -0.4 is 10.6 Å². The molecule has 1 spiro atoms. The Kier molecular flexibility index (Phi) is 5.79. The minimum atomic E-state index is -0.873. The average molecular weight is 446 g/mol. The van der Waals surface area contributed by atoms with Crippen molar-refractivity contribution in [3.05, 3.63) is 11.7 Å². The van der Waals surface area contributed by atoms with Crippen molar-refractivity contribution >= 4 is 17.8 Å². The van der Waals surface area contributed by atoms with Crippen LogP contribution in [0.5, 0.6) is 0 Å². The molecular weight excluding hydrogens is 410 g/mol. The quantitative estimate of drug-likeness (QED) is 0.649. The molecule has 1 unspecified atom stereocenters. The molecular formula is C23H35N5O4. The Morgan fingerprint density at radius 2 is 1.88 bits per heavy atom. The Morgan fingerprint density at radius 3 is 2.44 bits per heavy atom. The summed E-state index contributed by atoms with van der Waals surface area (Å²) in [6.45, 7) is 10.2. The van der Waals surface area contributed by atoms with E-state index in [0.717, 1.165) is 30.6 Å². The number of nitrogens with zero attached hydrogens (tertiary/aromatic N) is 3. The summed E-state index contributed by atoms with van der Waals surface area (Å²) in [7, 11) is 0. The molecule has 2 aliphatic carbocycles. The topological polar surface area (TPSA) is 117 Å². The summed E-state index contributed by atoms with van der Waals surface area (Å²) in [6.07, 6.45) is 5.09. The number of carbonyl (C=O) groups excluding carboxylic acids is 3. The fourth-order valence-electron chi connectivity index (χ4n) is 4.89. The molecule has 1 aliphatic heterocycles. The molecule has 0 radical (unpaired) electrons. The van der Waals surface area contributed by atoms with Gasteiger partial charge in [-0.05, 0) is 55.8 Å². The van der Waals surface area contributed by atoms with Crippen LogP contribution >= 0.6 is 0 Å². The van der Waals surface area contributed by atoms with Crippen LogP contribution in [0.15, 0.2) is 4.52 Å². The number of hydrogen-bond donors (Lipinski definition) is 2. The van der Waals surface area contributed by atoms with E-state index in [2.05, 4.69) is 41.5 Å². The second-order valence-corrected chi connectivity index (χ2v) is 11.1. The van der Waals surface area contributed by atoms with Crippen molar-refractivity contribution in [3.63, 3.8) is 0 Å². The number of carbonyl (C=O) groups is 3. The highest BCUT2D eigenvalue weighted by Crippen LogP contribution is 2.43. The van der Waals surface area contributed by atoms with Gasteiger partial charge in [0.1, 0.15) is 18.1 Å². The molecule has 1 saturated heterocycles. The summed E-state index contributed by atoms with van der Waals surface area (Å²) < 4.78 is 5.39. The van der Waals surface area contributed by atoms with Gasteiger partial charge < -0.3 is 15.2 Å². The molecule has 2 N–H and O–H groups in total. The van der Waals surface area contributed by atoms with Gasteiger partial charge in [0.25, 0.3) is 5.91 Å². The normalized spacial score (nSPS) is 27.2. The molecule has 3 aliphatic rings. The molecule has 1 aromatic rings. The molecule has 0 aromatic carbocycles. The lowest BCUT2D eigenvalue weighted by Gasteiger charge is -2.40. The van der Waals surface area contributed by atoms with Crippen LogP contribution in [-0.4, -0.2) is 45.0 Å². The highest BCUT2D eigenvalue weighted by molar-refractivity contribution is 6.09. The van der Waals surface area contributed by atoms with E-state index in [9.17, 15) is 14.4 Å². The number of imide groups is 1. The Labute approximate surface area is 189 Å². The van der Waals surface area contributed by atoms with Crippen LogP contribution in [0.2, 0.25) is 0 Å². The molecule has 9 nitrogen and oxygen atoms in total. The Hall–Kier alpha value is -2.45. The van der Waals surface area contributed by atoms with E-state index in [4.69, 9.17) is 4.52 Å². The van der Waals surface area contributed by atoms with Gasteiger partial charge in [0.2, 0.25) is 11.8 Å². The summed E-state index contributed by atoms with van der Waals surface area (Å²) >= 11 is 0. The van der Waals surface area contributed by atoms with Crippen molar-refractivity contribution < 1.29 is 18.9 Å². The molecule has 9 heteroatoms. The number of aromatic nitrogens is 2. The lowest BCUT2D eigenvalue weighted by molar-refractivity contribution is -0.136. The van der Waals surface area contributed by atoms with Gasteiger partial charge in [0, 0.05) is 5.92 Å². The first kappa shape index (κ1) is 22.7. The molecule has 3 fully saturated rings. The van der Waals surface area contributed by atoms with Gasteiger partial charge >= 0.3 is 6.03 Å². The first-order valence-electron chi connectivity index (χ1n) is 11.8. The molecule has 4 rings (SSSR count). The predicted octanol–water partition coefficient (Wildman–Crippen LogP) is 3.29. The molecule has 1 atom stereocenters. The molecule has 32 heavy (non-hydrogen) atoms. The van der Waals surface area contributed by atoms with Crippen molar-refractivity contribution in [3.8, 4) is 0 Å². The van der Waals surface area contributed by atoms with Crippen molar-refractivity contribution in [1.82, 2.24) is 25.7 Å². The monoisotopic (exact) mass is 445 g/mol. The van der Waals surface area contributed by atoms with Crippen LogP contribution in [0.25, 0.3) is 0 Å². The van der Waals surface area contributed by atoms with E-state index in [1.165, 1.54) is 0 Å². The van der Waals surface area contributed by atoms with Gasteiger partial charge in [0.05, 0.1) is 0 Å². The van der Waals surface area contributed by atoms with Gasteiger partial charge in [-0.1, -0.05) is 39.8 Å². The van der Waals surface area contributed by atoms with Crippen molar-refractivity contribution in [2.45, 2.75) is 90.6 Å². The second kappa shape index (κ2) is 8.15. The smallest absolute Gasteiger partial charge is 0.325 e. The highest BCUT2D eigenvalue weighted by atomic mass is 16.5. The number of nitrogens with one attached hydrogen (secondary N) is 2. The maximum absolute atomic E-state index is 13.2. The van der Waals surface area contributed by atoms with Crippen molar-refractivity contribution in [2.24, 2.45) is 17.3 Å². The van der Waals surface area contributed by atoms with Gasteiger partial charge in [-0.25, -0.2) is 4.79 Å². The predicted molar refractivity (Wildman–Crippen MR) is 116 cm³/mol. The fourth-order valence-corrected chi connectivity index (χ4v) is 4.89. The maximum atomic E-state index is 13.2. The summed E-state index contributed by atoms with van der Waals surface area (Å²) in [5.74, 6) is 1.21. The maximum Gasteiger partial charge on any atom is 0.325 e. The highest BCUT2D eigenvalue weighted by Gasteiger charge is 2.53. The zero-order valence-electron chi connectivity index (χ0n) is 19.7. The van der Waals surface area contributed by atoms with E-state index in [1.807, 2.05) is 13.8 Å². The lowest BCUT2D eigenvalue weighted by atomic mass is 9.67. The zero-order valence-corrected chi connectivity index (χ0v) is 19.7. The van der Waals surface area contributed by atoms with E-state index in [0.29, 0.717) is 36.4 Å². The molecule has 2 heterocycles. The minimum absolute atomic E-state index is 0.00794. The molecule has 176 valence electrons. The van der Waals surface area contributed by atoms with Crippen molar-refractivity contribution in [2.75, 3.05) is 6.54 Å². The summed E-state index contributed by atoms with van der Waals surface area (Å²) in [5, 5.41) is 9.81. The third-order valence-corrected chi connectivity index (χ3v) is 7.26. The van der Waals surface area contributed by atoms with E-state index in [1.54, 1.807) is 0 Å². The van der Waals surface area contributed by atoms with Crippen molar-refractivity contribution in [1.29, 1.82) is 0 Å². The fraction of sp³-hybridized carbons (Fsp3) is 0.783. The Balaban J connectivity index is 1.39.